The fourth-order valence-electron chi connectivity index (χ4n) is 2.79. The summed E-state index contributed by atoms with van der Waals surface area (Å²) in [7, 11) is 0. The highest BCUT2D eigenvalue weighted by molar-refractivity contribution is 5.95. The molecule has 0 atom stereocenters. The quantitative estimate of drug-likeness (QED) is 0.873. The molecule has 0 aromatic heterocycles. The van der Waals surface area contributed by atoms with Crippen molar-refractivity contribution in [3.8, 4) is 11.5 Å². The van der Waals surface area contributed by atoms with Crippen LogP contribution in [0.4, 0.5) is 0 Å². The Morgan fingerprint density at radius 1 is 1.10 bits per heavy atom. The van der Waals surface area contributed by atoms with Crippen LogP contribution >= 0.6 is 0 Å². The molecule has 0 spiro atoms. The van der Waals surface area contributed by atoms with Crippen molar-refractivity contribution in [3.63, 3.8) is 0 Å². The Hall–Kier alpha value is -1.75. The normalized spacial score (nSPS) is 25.0. The van der Waals surface area contributed by atoms with E-state index >= 15 is 0 Å². The van der Waals surface area contributed by atoms with E-state index in [1.54, 1.807) is 18.2 Å². The van der Waals surface area contributed by atoms with Crippen molar-refractivity contribution in [2.24, 2.45) is 0 Å². The van der Waals surface area contributed by atoms with E-state index in [9.17, 15) is 9.90 Å². The van der Waals surface area contributed by atoms with Gasteiger partial charge in [-0.15, -0.1) is 0 Å². The minimum atomic E-state index is -0.212. The molecule has 3 rings (SSSR count). The number of nitrogens with one attached hydrogen (secondary N) is 1. The van der Waals surface area contributed by atoms with Crippen LogP contribution in [0.15, 0.2) is 18.2 Å². The molecule has 0 unspecified atom stereocenters. The lowest BCUT2D eigenvalue weighted by Gasteiger charge is -2.26. The number of benzene rings is 1. The molecule has 0 radical (unpaired) electrons. The maximum absolute atomic E-state index is 12.3. The third-order valence-corrected chi connectivity index (χ3v) is 4.04. The average molecular weight is 291 g/mol. The highest BCUT2D eigenvalue weighted by atomic mass is 16.5. The lowest BCUT2D eigenvalue weighted by molar-refractivity contribution is 0.0867. The topological polar surface area (TPSA) is 67.8 Å². The van der Waals surface area contributed by atoms with Gasteiger partial charge in [-0.25, -0.2) is 0 Å². The van der Waals surface area contributed by atoms with Crippen LogP contribution < -0.4 is 14.8 Å². The summed E-state index contributed by atoms with van der Waals surface area (Å²) in [5.41, 5.74) is 0.588. The Morgan fingerprint density at radius 2 is 1.81 bits per heavy atom. The molecule has 1 aliphatic heterocycles. The Bertz CT molecular complexity index is 509. The number of aliphatic hydroxyl groups excluding tert-OH is 1. The molecule has 5 nitrogen and oxygen atoms in total. The summed E-state index contributed by atoms with van der Waals surface area (Å²) in [6, 6.07) is 5.45. The van der Waals surface area contributed by atoms with E-state index in [1.165, 1.54) is 0 Å². The third-order valence-electron chi connectivity index (χ3n) is 4.04. The Morgan fingerprint density at radius 3 is 2.57 bits per heavy atom. The second-order valence-corrected chi connectivity index (χ2v) is 5.69. The molecule has 21 heavy (non-hydrogen) atoms. The highest BCUT2D eigenvalue weighted by Crippen LogP contribution is 2.30. The Balaban J connectivity index is 1.66. The molecular weight excluding hydrogens is 270 g/mol. The molecule has 0 saturated heterocycles. The molecule has 1 aromatic rings. The van der Waals surface area contributed by atoms with Crippen LogP contribution in [0, 0.1) is 0 Å². The standard InChI is InChI=1S/C16H21NO4/c18-13-5-3-12(4-6-13)17-16(19)11-2-7-14-15(10-11)21-9-1-8-20-14/h2,7,10,12-13,18H,1,3-6,8-9H2,(H,17,19). The molecule has 1 aliphatic carbocycles. The number of amides is 1. The summed E-state index contributed by atoms with van der Waals surface area (Å²) in [6.45, 7) is 1.25. The van der Waals surface area contributed by atoms with Gasteiger partial charge in [0.1, 0.15) is 0 Å². The zero-order valence-electron chi connectivity index (χ0n) is 12.0. The van der Waals surface area contributed by atoms with Crippen molar-refractivity contribution in [1.29, 1.82) is 0 Å². The monoisotopic (exact) mass is 291 g/mol. The SMILES string of the molecule is O=C(NC1CCC(O)CC1)c1ccc2c(c1)OCCCO2. The second kappa shape index (κ2) is 6.35. The van der Waals surface area contributed by atoms with E-state index in [0.717, 1.165) is 32.1 Å². The number of hydrogen-bond acceptors (Lipinski definition) is 4. The van der Waals surface area contributed by atoms with Gasteiger partial charge in [-0.3, -0.25) is 4.79 Å². The van der Waals surface area contributed by atoms with Crippen LogP contribution in [0.25, 0.3) is 0 Å². The lowest BCUT2D eigenvalue weighted by atomic mass is 9.93. The predicted octanol–water partition coefficient (Wildman–Crippen LogP) is 1.88. The first kappa shape index (κ1) is 14.2. The number of carbonyl (C=O) groups excluding carboxylic acids is 1. The van der Waals surface area contributed by atoms with Crippen LogP contribution in [0.2, 0.25) is 0 Å². The van der Waals surface area contributed by atoms with Gasteiger partial charge < -0.3 is 19.9 Å². The lowest BCUT2D eigenvalue weighted by Crippen LogP contribution is -2.38. The molecule has 0 bridgehead atoms. The maximum Gasteiger partial charge on any atom is 0.251 e. The molecule has 1 fully saturated rings. The van der Waals surface area contributed by atoms with Gasteiger partial charge >= 0.3 is 0 Å². The summed E-state index contributed by atoms with van der Waals surface area (Å²) < 4.78 is 11.2. The van der Waals surface area contributed by atoms with Gasteiger partial charge in [0.2, 0.25) is 0 Å². The van der Waals surface area contributed by atoms with Gasteiger partial charge in [-0.1, -0.05) is 0 Å². The van der Waals surface area contributed by atoms with Crippen LogP contribution in [0.3, 0.4) is 0 Å². The molecule has 2 N–H and O–H groups in total. The van der Waals surface area contributed by atoms with Crippen molar-refractivity contribution in [1.82, 2.24) is 5.32 Å². The smallest absolute Gasteiger partial charge is 0.251 e. The van der Waals surface area contributed by atoms with E-state index in [2.05, 4.69) is 5.32 Å². The van der Waals surface area contributed by atoms with E-state index in [0.29, 0.717) is 30.3 Å². The fraction of sp³-hybridized carbons (Fsp3) is 0.562. The van der Waals surface area contributed by atoms with Crippen molar-refractivity contribution >= 4 is 5.91 Å². The maximum atomic E-state index is 12.3. The summed E-state index contributed by atoms with van der Waals surface area (Å²) >= 11 is 0. The molecule has 5 heteroatoms. The second-order valence-electron chi connectivity index (χ2n) is 5.69. The minimum Gasteiger partial charge on any atom is -0.490 e. The van der Waals surface area contributed by atoms with Crippen LogP contribution in [0.1, 0.15) is 42.5 Å². The Labute approximate surface area is 124 Å². The predicted molar refractivity (Wildman–Crippen MR) is 77.8 cm³/mol. The number of ether oxygens (including phenoxy) is 2. The molecule has 1 amide bonds. The van der Waals surface area contributed by atoms with Crippen LogP contribution in [-0.4, -0.2) is 36.4 Å². The molecule has 1 heterocycles. The third kappa shape index (κ3) is 3.47. The number of aliphatic hydroxyl groups is 1. The van der Waals surface area contributed by atoms with Crippen LogP contribution in [0.5, 0.6) is 11.5 Å². The minimum absolute atomic E-state index is 0.0907. The molecule has 1 saturated carbocycles. The number of rotatable bonds is 2. The molecule has 2 aliphatic rings. The zero-order chi connectivity index (χ0) is 14.7. The van der Waals surface area contributed by atoms with E-state index in [1.807, 2.05) is 0 Å². The first-order valence-corrected chi connectivity index (χ1v) is 7.61. The van der Waals surface area contributed by atoms with Gasteiger partial charge in [0, 0.05) is 18.0 Å². The van der Waals surface area contributed by atoms with Gasteiger partial charge in [-0.05, 0) is 43.9 Å². The summed E-state index contributed by atoms with van der Waals surface area (Å²) in [6.07, 6.45) is 3.81. The van der Waals surface area contributed by atoms with Crippen LogP contribution in [-0.2, 0) is 0 Å². The van der Waals surface area contributed by atoms with Gasteiger partial charge in [0.15, 0.2) is 11.5 Å². The van der Waals surface area contributed by atoms with Crippen molar-refractivity contribution < 1.29 is 19.4 Å². The van der Waals surface area contributed by atoms with E-state index in [4.69, 9.17) is 9.47 Å². The average Bonchev–Trinajstić information content (AvgIpc) is 2.74. The first-order chi connectivity index (χ1) is 10.2. The van der Waals surface area contributed by atoms with E-state index < -0.39 is 0 Å². The molecular formula is C16H21NO4. The van der Waals surface area contributed by atoms with Crippen molar-refractivity contribution in [3.05, 3.63) is 23.8 Å². The summed E-state index contributed by atoms with van der Waals surface area (Å²) in [5, 5.41) is 12.5. The number of fused-ring (bicyclic) bond motifs is 1. The highest BCUT2D eigenvalue weighted by Gasteiger charge is 2.22. The molecule has 1 aromatic carbocycles. The number of carbonyl (C=O) groups is 1. The Kier molecular flexibility index (Phi) is 4.29. The summed E-state index contributed by atoms with van der Waals surface area (Å²) in [5.74, 6) is 1.25. The van der Waals surface area contributed by atoms with Gasteiger partial charge in [0.05, 0.1) is 19.3 Å². The van der Waals surface area contributed by atoms with Gasteiger partial charge in [0.25, 0.3) is 5.91 Å². The van der Waals surface area contributed by atoms with Gasteiger partial charge in [-0.2, -0.15) is 0 Å². The summed E-state index contributed by atoms with van der Waals surface area (Å²) in [4.78, 5) is 12.3. The molecule has 114 valence electrons. The zero-order valence-corrected chi connectivity index (χ0v) is 12.0. The number of hydrogen-bond donors (Lipinski definition) is 2. The van der Waals surface area contributed by atoms with Crippen molar-refractivity contribution in [2.75, 3.05) is 13.2 Å². The fourth-order valence-corrected chi connectivity index (χ4v) is 2.79. The van der Waals surface area contributed by atoms with Crippen molar-refractivity contribution in [2.45, 2.75) is 44.2 Å². The first-order valence-electron chi connectivity index (χ1n) is 7.61. The largest absolute Gasteiger partial charge is 0.490 e. The van der Waals surface area contributed by atoms with E-state index in [-0.39, 0.29) is 18.1 Å².